The number of carbonyl (C=O) groups is 5. The van der Waals surface area contributed by atoms with Crippen LogP contribution in [0.15, 0.2) is 91.7 Å². The van der Waals surface area contributed by atoms with Gasteiger partial charge in [0.2, 0.25) is 23.0 Å². The van der Waals surface area contributed by atoms with Crippen LogP contribution in [0.1, 0.15) is 319 Å². The Bertz CT molecular complexity index is 4640. The Balaban J connectivity index is 0.000000775. The van der Waals surface area contributed by atoms with Gasteiger partial charge in [-0.15, -0.1) is 0 Å². The first-order valence-corrected chi connectivity index (χ1v) is 53.1. The number of aliphatic hydroxyl groups is 1. The van der Waals surface area contributed by atoms with E-state index in [9.17, 15) is 41.9 Å². The number of nitrogen functional groups attached to an aromatic ring is 1. The highest BCUT2D eigenvalue weighted by molar-refractivity contribution is 9.11. The molecule has 4 fully saturated rings. The minimum Gasteiger partial charge on any atom is -0.423 e. The second-order valence-electron chi connectivity index (χ2n) is 39.2. The van der Waals surface area contributed by atoms with Gasteiger partial charge in [-0.05, 0) is 212 Å². The van der Waals surface area contributed by atoms with E-state index in [-0.39, 0.29) is 103 Å². The fraction of sp³-hybridized carbons (Fsp3) is 0.637. The van der Waals surface area contributed by atoms with E-state index >= 15 is 0 Å². The third kappa shape index (κ3) is 40.0. The minimum atomic E-state index is -3.46. The van der Waals surface area contributed by atoms with Crippen LogP contribution >= 0.6 is 75.3 Å². The number of nitrogens with zero attached hydrogens (tertiary/aromatic N) is 8. The van der Waals surface area contributed by atoms with Gasteiger partial charge in [0.25, 0.3) is 16.0 Å². The summed E-state index contributed by atoms with van der Waals surface area (Å²) in [6.45, 7) is 45.3. The van der Waals surface area contributed by atoms with Crippen molar-refractivity contribution in [2.75, 3.05) is 27.9 Å². The first-order valence-electron chi connectivity index (χ1n) is 41.9. The molecular formula is C91H148BBr4ClFN13O13SSi2. The quantitative estimate of drug-likeness (QED) is 0.0239. The topological polar surface area (TPSA) is 385 Å². The highest BCUT2D eigenvalue weighted by atomic mass is 79.9. The summed E-state index contributed by atoms with van der Waals surface area (Å²) in [7, 11) is -8.70. The van der Waals surface area contributed by atoms with Gasteiger partial charge < -0.3 is 51.0 Å². The number of anilines is 4. The van der Waals surface area contributed by atoms with Crippen LogP contribution in [-0.4, -0.2) is 147 Å². The molecule has 0 spiro atoms. The Kier molecular flexibility index (Phi) is 48.6. The van der Waals surface area contributed by atoms with E-state index in [4.69, 9.17) is 45.4 Å². The summed E-state index contributed by atoms with van der Waals surface area (Å²) in [5, 5.41) is 38.8. The van der Waals surface area contributed by atoms with Crippen molar-refractivity contribution in [3.05, 3.63) is 131 Å². The lowest BCUT2D eigenvalue weighted by molar-refractivity contribution is -0.123. The Hall–Kier alpha value is -5.54. The molecular weight excluding hydrogens is 1960 g/mol. The van der Waals surface area contributed by atoms with Crippen LogP contribution in [0.5, 0.6) is 0 Å². The number of aromatic nitrogens is 8. The average molecular weight is 2110 g/mol. The van der Waals surface area contributed by atoms with Crippen LogP contribution in [-0.2, 0) is 48.9 Å². The molecule has 4 aliphatic carbocycles. The number of rotatable bonds is 17. The Morgan fingerprint density at radius 1 is 0.512 bits per heavy atom. The number of nitrogens with one attached hydrogen (secondary N) is 4. The summed E-state index contributed by atoms with van der Waals surface area (Å²) < 4.78 is 57.0. The van der Waals surface area contributed by atoms with Gasteiger partial charge in [-0.2, -0.15) is 8.42 Å². The normalized spacial score (nSPS) is 19.1. The van der Waals surface area contributed by atoms with Gasteiger partial charge in [0, 0.05) is 64.1 Å². The van der Waals surface area contributed by atoms with Gasteiger partial charge in [0.1, 0.15) is 24.2 Å². The maximum atomic E-state index is 13.7. The van der Waals surface area contributed by atoms with E-state index in [2.05, 4.69) is 188 Å². The molecule has 0 aliphatic heterocycles. The zero-order valence-electron chi connectivity index (χ0n) is 75.9. The number of aliphatic hydroxyl groups excluding tert-OH is 1. The molecule has 4 saturated carbocycles. The molecule has 4 aromatic heterocycles. The van der Waals surface area contributed by atoms with Crippen LogP contribution in [0.2, 0.25) is 36.3 Å². The van der Waals surface area contributed by atoms with Gasteiger partial charge in [0.15, 0.2) is 39.9 Å². The maximum Gasteiger partial charge on any atom is 0.488 e. The molecule has 0 saturated heterocycles. The van der Waals surface area contributed by atoms with Crippen LogP contribution in [0.3, 0.4) is 0 Å². The first-order chi connectivity index (χ1) is 56.5. The van der Waals surface area contributed by atoms with Gasteiger partial charge >= 0.3 is 7.12 Å². The number of hydrogen-bond acceptors (Lipinski definition) is 22. The van der Waals surface area contributed by atoms with Crippen molar-refractivity contribution in [1.82, 2.24) is 45.2 Å². The predicted octanol–water partition coefficient (Wildman–Crippen LogP) is 22.4. The third-order valence-electron chi connectivity index (χ3n) is 22.2. The number of nitrogens with two attached hydrogens (primary N) is 1. The van der Waals surface area contributed by atoms with Crippen molar-refractivity contribution in [2.45, 2.75) is 348 Å². The van der Waals surface area contributed by atoms with Crippen LogP contribution in [0.25, 0.3) is 0 Å². The van der Waals surface area contributed by atoms with E-state index < -0.39 is 61.8 Å². The molecule has 9 N–H and O–H groups in total. The lowest BCUT2D eigenvalue weighted by atomic mass is 9.80. The van der Waals surface area contributed by atoms with Crippen molar-refractivity contribution in [1.29, 1.82) is 0 Å². The zero-order chi connectivity index (χ0) is 92.9. The second kappa shape index (κ2) is 51.6. The second-order valence-corrected chi connectivity index (χ2v) is 53.7. The van der Waals surface area contributed by atoms with Crippen LogP contribution < -0.4 is 32.5 Å². The molecule has 4 amide bonds. The summed E-state index contributed by atoms with van der Waals surface area (Å²) >= 11 is 18.7. The maximum absolute atomic E-state index is 13.7. The van der Waals surface area contributed by atoms with Crippen molar-refractivity contribution in [2.24, 2.45) is 21.7 Å². The summed E-state index contributed by atoms with van der Waals surface area (Å²) in [6.07, 6.45) is 23.7. The van der Waals surface area contributed by atoms with E-state index in [0.29, 0.717) is 78.7 Å². The van der Waals surface area contributed by atoms with Crippen molar-refractivity contribution in [3.8, 4) is 0 Å². The van der Waals surface area contributed by atoms with Gasteiger partial charge in [-0.1, -0.05) is 216 Å². The van der Waals surface area contributed by atoms with E-state index in [0.717, 1.165) is 131 Å². The molecule has 127 heavy (non-hydrogen) atoms. The number of carbonyl (C=O) groups excluding carboxylic acids is 5. The molecule has 0 radical (unpaired) electrons. The molecule has 4 aliphatic rings. The summed E-state index contributed by atoms with van der Waals surface area (Å²) in [5.74, 6) is 1.19. The van der Waals surface area contributed by atoms with Crippen molar-refractivity contribution < 1.29 is 65.0 Å². The number of halogens is 6. The molecule has 26 nitrogen and oxygen atoms in total. The first kappa shape index (κ1) is 119. The van der Waals surface area contributed by atoms with Gasteiger partial charge in [-0.3, -0.25) is 28.2 Å². The number of hydrogen-bond donors (Lipinski definition) is 8. The van der Waals surface area contributed by atoms with Crippen LogP contribution in [0, 0.1) is 27.5 Å². The molecule has 714 valence electrons. The van der Waals surface area contributed by atoms with E-state index in [1.807, 2.05) is 105 Å². The van der Waals surface area contributed by atoms with Gasteiger partial charge in [-0.25, -0.2) is 44.3 Å². The monoisotopic (exact) mass is 2100 g/mol. The highest BCUT2D eigenvalue weighted by Crippen LogP contribution is 2.45. The molecule has 0 unspecified atom stereocenters. The van der Waals surface area contributed by atoms with Gasteiger partial charge in [0.05, 0.1) is 71.6 Å². The fourth-order valence-electron chi connectivity index (χ4n) is 12.6. The molecule has 36 heteroatoms. The summed E-state index contributed by atoms with van der Waals surface area (Å²) in [6, 6.07) is 12.7. The molecule has 10 rings (SSSR count). The SMILES string of the molecule is C.C.C.C.CC(C)(C)C(=O)Cl.CC(C)(C)C(=O)Nc1ncc([C@@H]2CCC[C@H](O)C2)nc1Br.CC(C)(C)C(=O)Nc1ncc([C@@H]2CCC[C@H](OS(C)(=O)=O)C2)nc1Br.CC(C)(C)C(=O)Nc1ncc([C@@H]2CCC[C@H](O[Si](C)(C)C(C)(C)C)C2)nc1Br.CC(C)(C)[Si](C)(C)O[C@H]1CCC[C@@H](c2cnc(N)c(Br)n2)C1.O=C(NCc1ccccc1)c1ccc(B(O)O)cc1F. The Labute approximate surface area is 799 Å². The molecule has 2 aromatic carbocycles. The standard InChI is InChI=1S/C21H36BrN3O2Si.C16H24BrN3O4S.C16H28BrN3OSi.C15H22BrN3O2.C14H13BFNO3.C5H9ClO.4CH4/c1-20(2,3)19(26)25-18-17(22)24-16(13-23-18)14-10-9-11-15(12-14)27-28(7,8)21(4,5)6;1-16(2,3)15(21)20-14-13(17)19-12(9-18-14)10-6-5-7-11(8-10)24-25(4,22)23;1-16(2,3)22(4,5)21-12-8-6-7-11(9-12)13-10-19-15(18)14(17)20-13;1-15(2,3)14(21)19-13-12(16)18-11(8-17-13)9-5-4-6-10(20)7-9;16-13-8-11(15(19)20)6-7-12(13)14(18)17-9-10-4-2-1-3-5-10;1-5(2,3)4(6)7;;;;/h13-15H,9-12H2,1-8H3,(H,23,25,26);9-11H,5-8H2,1-4H3,(H,18,20,21);10-12H,6-9H2,1-5H3,(H2,18,19);8-10,20H,4-7H2,1-3H3,(H,17,19,21);1-8,19-20H,9H2,(H,17,18);1-3H3;4*1H4/t14-,15+;10-,11+;11-,12+;9-,10+;;;;;;/m1111....../s1. The summed E-state index contributed by atoms with van der Waals surface area (Å²) in [5.41, 5.74) is 8.30. The smallest absolute Gasteiger partial charge is 0.423 e. The zero-order valence-corrected chi connectivity index (χ0v) is 85.8. The lowest BCUT2D eigenvalue weighted by Crippen LogP contribution is -2.44. The fourth-order valence-corrected chi connectivity index (χ4v) is 17.6. The van der Waals surface area contributed by atoms with E-state index in [1.165, 1.54) is 18.6 Å². The average Bonchev–Trinajstić information content (AvgIpc) is 0.874. The minimum absolute atomic E-state index is 0. The lowest BCUT2D eigenvalue weighted by Gasteiger charge is -2.41. The van der Waals surface area contributed by atoms with Crippen molar-refractivity contribution in [3.63, 3.8) is 0 Å². The summed E-state index contributed by atoms with van der Waals surface area (Å²) in [4.78, 5) is 93.9. The number of amides is 4. The molecule has 0 bridgehead atoms. The molecule has 8 atom stereocenters. The Morgan fingerprint density at radius 2 is 0.843 bits per heavy atom. The highest BCUT2D eigenvalue weighted by Gasteiger charge is 2.43. The van der Waals surface area contributed by atoms with Crippen LogP contribution in [0.4, 0.5) is 27.7 Å². The third-order valence-corrected chi connectivity index (χ3v) is 34.7. The molecule has 6 aromatic rings. The largest absolute Gasteiger partial charge is 0.488 e. The molecule has 4 heterocycles. The van der Waals surface area contributed by atoms with E-state index in [1.54, 1.807) is 33.2 Å². The Morgan fingerprint density at radius 3 is 1.15 bits per heavy atom. The number of benzene rings is 2. The van der Waals surface area contributed by atoms with Crippen molar-refractivity contribution >= 4 is 167 Å². The predicted molar refractivity (Wildman–Crippen MR) is 533 cm³/mol.